The van der Waals surface area contributed by atoms with Gasteiger partial charge in [-0.1, -0.05) is 30.0 Å². The summed E-state index contributed by atoms with van der Waals surface area (Å²) in [5, 5.41) is 21.7. The van der Waals surface area contributed by atoms with Crippen molar-refractivity contribution in [2.45, 2.75) is 31.0 Å². The SMILES string of the molecule is Cn1nnnc1SCCn1cc(-c2cccc3nc(Cc4ccc(OCCN5CCCC5)cc4)nn23)cn1. The second kappa shape index (κ2) is 11.3. The number of hydrogen-bond donors (Lipinski definition) is 0. The number of fused-ring (bicyclic) bond motifs is 1. The number of pyridine rings is 1. The Labute approximate surface area is 224 Å². The number of tetrazole rings is 1. The van der Waals surface area contributed by atoms with Gasteiger partial charge in [-0.05, 0) is 66.2 Å². The van der Waals surface area contributed by atoms with Crippen molar-refractivity contribution >= 4 is 17.4 Å². The fraction of sp³-hybridized carbons (Fsp3) is 0.385. The maximum absolute atomic E-state index is 5.94. The summed E-state index contributed by atoms with van der Waals surface area (Å²) in [6, 6.07) is 14.3. The lowest BCUT2D eigenvalue weighted by atomic mass is 10.1. The van der Waals surface area contributed by atoms with Gasteiger partial charge in [-0.25, -0.2) is 14.2 Å². The summed E-state index contributed by atoms with van der Waals surface area (Å²) in [7, 11) is 1.84. The minimum Gasteiger partial charge on any atom is -0.492 e. The molecule has 1 aliphatic rings. The highest BCUT2D eigenvalue weighted by Crippen LogP contribution is 2.21. The topological polar surface area (TPSA) is 104 Å². The Kier molecular flexibility index (Phi) is 7.31. The van der Waals surface area contributed by atoms with Crippen molar-refractivity contribution in [3.63, 3.8) is 0 Å². The van der Waals surface area contributed by atoms with E-state index in [1.807, 2.05) is 59.0 Å². The van der Waals surface area contributed by atoms with Gasteiger partial charge in [0.05, 0.1) is 18.4 Å². The molecule has 5 heterocycles. The first-order valence-electron chi connectivity index (χ1n) is 12.9. The minimum absolute atomic E-state index is 0.655. The van der Waals surface area contributed by atoms with E-state index in [-0.39, 0.29) is 0 Å². The van der Waals surface area contributed by atoms with Gasteiger partial charge in [-0.2, -0.15) is 10.2 Å². The van der Waals surface area contributed by atoms with Crippen LogP contribution in [0.3, 0.4) is 0 Å². The molecule has 0 unspecified atom stereocenters. The van der Waals surface area contributed by atoms with Crippen LogP contribution in [-0.4, -0.2) is 81.5 Å². The molecule has 5 aromatic rings. The molecule has 0 aliphatic carbocycles. The molecule has 1 saturated heterocycles. The van der Waals surface area contributed by atoms with E-state index in [9.17, 15) is 0 Å². The van der Waals surface area contributed by atoms with Gasteiger partial charge in [0.25, 0.3) is 0 Å². The van der Waals surface area contributed by atoms with Crippen molar-refractivity contribution < 1.29 is 4.74 Å². The molecule has 0 spiro atoms. The molecule has 4 aromatic heterocycles. The van der Waals surface area contributed by atoms with Crippen LogP contribution in [0.25, 0.3) is 16.9 Å². The average Bonchev–Trinajstić information content (AvgIpc) is 3.73. The first kappa shape index (κ1) is 24.6. The number of hydrogen-bond acceptors (Lipinski definition) is 9. The Hall–Kier alpha value is -3.77. The molecule has 12 heteroatoms. The third kappa shape index (κ3) is 5.70. The Morgan fingerprint density at radius 3 is 2.71 bits per heavy atom. The van der Waals surface area contributed by atoms with E-state index in [1.165, 1.54) is 25.9 Å². The summed E-state index contributed by atoms with van der Waals surface area (Å²) in [4.78, 5) is 7.23. The highest BCUT2D eigenvalue weighted by atomic mass is 32.2. The maximum Gasteiger partial charge on any atom is 0.209 e. The van der Waals surface area contributed by atoms with Crippen LogP contribution in [0.4, 0.5) is 0 Å². The van der Waals surface area contributed by atoms with Gasteiger partial charge < -0.3 is 4.74 Å². The zero-order valence-corrected chi connectivity index (χ0v) is 22.2. The molecule has 1 aromatic carbocycles. The van der Waals surface area contributed by atoms with Gasteiger partial charge >= 0.3 is 0 Å². The Morgan fingerprint density at radius 2 is 1.89 bits per heavy atom. The van der Waals surface area contributed by atoms with Crippen molar-refractivity contribution in [1.29, 1.82) is 0 Å². The van der Waals surface area contributed by atoms with E-state index in [0.29, 0.717) is 6.42 Å². The van der Waals surface area contributed by atoms with Crippen LogP contribution in [0, 0.1) is 0 Å². The highest BCUT2D eigenvalue weighted by molar-refractivity contribution is 7.99. The minimum atomic E-state index is 0.655. The van der Waals surface area contributed by atoms with Crippen molar-refractivity contribution in [2.75, 3.05) is 32.0 Å². The zero-order valence-electron chi connectivity index (χ0n) is 21.3. The molecule has 0 radical (unpaired) electrons. The number of thioether (sulfide) groups is 1. The number of benzene rings is 1. The van der Waals surface area contributed by atoms with Crippen LogP contribution >= 0.6 is 11.8 Å². The monoisotopic (exact) mass is 530 g/mol. The van der Waals surface area contributed by atoms with Crippen molar-refractivity contribution in [1.82, 2.24) is 49.5 Å². The Balaban J connectivity index is 1.08. The molecule has 0 atom stereocenters. The molecule has 0 amide bonds. The summed E-state index contributed by atoms with van der Waals surface area (Å²) >= 11 is 1.60. The normalized spacial score (nSPS) is 14.0. The first-order valence-corrected chi connectivity index (χ1v) is 13.9. The van der Waals surface area contributed by atoms with Crippen LogP contribution < -0.4 is 4.74 Å². The summed E-state index contributed by atoms with van der Waals surface area (Å²) in [6.45, 7) is 4.85. The molecule has 0 saturated carbocycles. The fourth-order valence-electron chi connectivity index (χ4n) is 4.62. The third-order valence-corrected chi connectivity index (χ3v) is 7.62. The number of likely N-dealkylation sites (tertiary alicyclic amines) is 1. The predicted octanol–water partition coefficient (Wildman–Crippen LogP) is 2.97. The Morgan fingerprint density at radius 1 is 1.03 bits per heavy atom. The standard InChI is InChI=1S/C26H30N10OS/c1-33-26(29-31-32-33)38-16-14-35-19-21(18-27-35)23-5-4-6-25-28-24(30-36(23)25)17-20-7-9-22(10-8-20)37-15-13-34-11-2-3-12-34/h4-10,18-19H,2-3,11-17H2,1H3. The first-order chi connectivity index (χ1) is 18.7. The molecular formula is C26H30N10OS. The van der Waals surface area contributed by atoms with Crippen LogP contribution in [-0.2, 0) is 20.0 Å². The number of aryl methyl sites for hydroxylation is 2. The largest absolute Gasteiger partial charge is 0.492 e. The number of ether oxygens (including phenoxy) is 1. The van der Waals surface area contributed by atoms with Crippen molar-refractivity contribution in [3.05, 3.63) is 66.2 Å². The van der Waals surface area contributed by atoms with E-state index in [0.717, 1.165) is 64.6 Å². The average molecular weight is 531 g/mol. The smallest absolute Gasteiger partial charge is 0.209 e. The van der Waals surface area contributed by atoms with E-state index in [4.69, 9.17) is 14.8 Å². The van der Waals surface area contributed by atoms with Gasteiger partial charge in [0.2, 0.25) is 5.16 Å². The lowest BCUT2D eigenvalue weighted by Gasteiger charge is -2.14. The molecule has 1 aliphatic heterocycles. The van der Waals surface area contributed by atoms with Crippen LogP contribution in [0.15, 0.2) is 60.0 Å². The molecule has 6 rings (SSSR count). The Bertz CT molecular complexity index is 1490. The van der Waals surface area contributed by atoms with Crippen LogP contribution in [0.5, 0.6) is 5.75 Å². The van der Waals surface area contributed by atoms with Gasteiger partial charge in [0.1, 0.15) is 12.4 Å². The second-order valence-electron chi connectivity index (χ2n) is 9.35. The summed E-state index contributed by atoms with van der Waals surface area (Å²) in [5.41, 5.74) is 3.92. The predicted molar refractivity (Wildman–Crippen MR) is 144 cm³/mol. The fourth-order valence-corrected chi connectivity index (χ4v) is 5.40. The van der Waals surface area contributed by atoms with Gasteiger partial charge in [0, 0.05) is 37.5 Å². The molecule has 38 heavy (non-hydrogen) atoms. The van der Waals surface area contributed by atoms with Crippen molar-refractivity contribution in [3.8, 4) is 17.0 Å². The highest BCUT2D eigenvalue weighted by Gasteiger charge is 2.13. The molecular weight excluding hydrogens is 500 g/mol. The van der Waals surface area contributed by atoms with E-state index in [2.05, 4.69) is 37.7 Å². The lowest BCUT2D eigenvalue weighted by molar-refractivity contribution is 0.238. The van der Waals surface area contributed by atoms with Gasteiger partial charge in [-0.3, -0.25) is 9.58 Å². The molecule has 11 nitrogen and oxygen atoms in total. The summed E-state index contributed by atoms with van der Waals surface area (Å²) in [6.07, 6.45) is 7.17. The van der Waals surface area contributed by atoms with Crippen LogP contribution in [0.1, 0.15) is 24.2 Å². The van der Waals surface area contributed by atoms with E-state index < -0.39 is 0 Å². The zero-order chi connectivity index (χ0) is 25.7. The second-order valence-corrected chi connectivity index (χ2v) is 10.4. The van der Waals surface area contributed by atoms with Gasteiger partial charge in [-0.15, -0.1) is 5.10 Å². The van der Waals surface area contributed by atoms with Crippen molar-refractivity contribution in [2.24, 2.45) is 7.05 Å². The third-order valence-electron chi connectivity index (χ3n) is 6.63. The maximum atomic E-state index is 5.94. The van der Waals surface area contributed by atoms with E-state index in [1.54, 1.807) is 16.4 Å². The van der Waals surface area contributed by atoms with E-state index >= 15 is 0 Å². The molecule has 0 N–H and O–H groups in total. The summed E-state index contributed by atoms with van der Waals surface area (Å²) in [5.74, 6) is 2.50. The van der Waals surface area contributed by atoms with Gasteiger partial charge in [0.15, 0.2) is 11.5 Å². The van der Waals surface area contributed by atoms with Crippen LogP contribution in [0.2, 0.25) is 0 Å². The molecule has 1 fully saturated rings. The number of rotatable bonds is 11. The molecule has 196 valence electrons. The lowest BCUT2D eigenvalue weighted by Crippen LogP contribution is -2.25. The summed E-state index contributed by atoms with van der Waals surface area (Å²) < 4.78 is 11.4. The molecule has 0 bridgehead atoms. The quantitative estimate of drug-likeness (QED) is 0.238. The number of aromatic nitrogens is 9. The number of nitrogens with zero attached hydrogens (tertiary/aromatic N) is 10.